The minimum absolute atomic E-state index is 0.0386. The van der Waals surface area contributed by atoms with Crippen LogP contribution < -0.4 is 10.6 Å². The highest BCUT2D eigenvalue weighted by atomic mass is 32.1. The van der Waals surface area contributed by atoms with Crippen molar-refractivity contribution in [2.45, 2.75) is 51.9 Å². The van der Waals surface area contributed by atoms with E-state index in [1.165, 1.54) is 13.2 Å². The summed E-state index contributed by atoms with van der Waals surface area (Å²) in [5.74, 6) is -1.71. The summed E-state index contributed by atoms with van der Waals surface area (Å²) >= 11 is 1.06. The second kappa shape index (κ2) is 13.6. The number of nitrogens with one attached hydrogen (secondary N) is 2. The van der Waals surface area contributed by atoms with Crippen molar-refractivity contribution in [3.63, 3.8) is 0 Å². The lowest BCUT2D eigenvalue weighted by molar-refractivity contribution is -0.139. The van der Waals surface area contributed by atoms with E-state index in [-0.39, 0.29) is 30.0 Å². The normalized spacial score (nSPS) is 11.7. The van der Waals surface area contributed by atoms with Crippen molar-refractivity contribution in [1.29, 1.82) is 0 Å². The monoisotopic (exact) mass is 552 g/mol. The fourth-order valence-electron chi connectivity index (χ4n) is 3.49. The quantitative estimate of drug-likeness (QED) is 0.271. The molecule has 0 aliphatic heterocycles. The second-order valence-corrected chi connectivity index (χ2v) is 10.8. The third kappa shape index (κ3) is 9.57. The summed E-state index contributed by atoms with van der Waals surface area (Å²) < 4.78 is 15.5. The van der Waals surface area contributed by atoms with E-state index in [1.54, 1.807) is 20.8 Å². The Morgan fingerprint density at radius 3 is 2.13 bits per heavy atom. The van der Waals surface area contributed by atoms with E-state index in [0.29, 0.717) is 4.88 Å². The second-order valence-electron chi connectivity index (χ2n) is 9.65. The van der Waals surface area contributed by atoms with Gasteiger partial charge in [-0.3, -0.25) is 9.59 Å². The van der Waals surface area contributed by atoms with Crippen molar-refractivity contribution in [2.24, 2.45) is 0 Å². The minimum Gasteiger partial charge on any atom is -0.469 e. The largest absolute Gasteiger partial charge is 0.469 e. The summed E-state index contributed by atoms with van der Waals surface area (Å²) in [7, 11) is 1.27. The van der Waals surface area contributed by atoms with E-state index in [2.05, 4.69) is 10.6 Å². The number of alkyl carbamates (subject to hydrolysis) is 1. The summed E-state index contributed by atoms with van der Waals surface area (Å²) in [6, 6.07) is 18.8. The molecule has 206 valence electrons. The summed E-state index contributed by atoms with van der Waals surface area (Å²) in [5.41, 5.74) is 0.941. The molecule has 0 radical (unpaired) electrons. The van der Waals surface area contributed by atoms with Gasteiger partial charge in [-0.15, -0.1) is 11.3 Å². The van der Waals surface area contributed by atoms with Gasteiger partial charge in [0.25, 0.3) is 0 Å². The number of hydrogen-bond donors (Lipinski definition) is 2. The van der Waals surface area contributed by atoms with Crippen LogP contribution >= 0.6 is 11.3 Å². The summed E-state index contributed by atoms with van der Waals surface area (Å²) in [5, 5.41) is 5.58. The summed E-state index contributed by atoms with van der Waals surface area (Å²) in [6.45, 7) is 5.22. The standard InChI is InChI=1S/C29H32N2O7S/c1-29(2,3)38-27(34)22-16-21(17-24(32)36-4)39-26(22)31-25(33)23(15-19-11-7-5-8-12-19)30-28(35)37-18-20-13-9-6-10-14-20/h5-14,16,23H,15,17-18H2,1-4H3,(H,30,35)(H,31,33). The Bertz CT molecular complexity index is 1280. The molecule has 3 aromatic rings. The number of ether oxygens (including phenoxy) is 3. The van der Waals surface area contributed by atoms with Crippen LogP contribution in [0.5, 0.6) is 0 Å². The van der Waals surface area contributed by atoms with Gasteiger partial charge in [0, 0.05) is 11.3 Å². The number of carbonyl (C=O) groups excluding carboxylic acids is 4. The van der Waals surface area contributed by atoms with E-state index >= 15 is 0 Å². The smallest absolute Gasteiger partial charge is 0.408 e. The molecule has 0 saturated carbocycles. The molecule has 0 spiro atoms. The van der Waals surface area contributed by atoms with Gasteiger partial charge >= 0.3 is 18.0 Å². The first-order chi connectivity index (χ1) is 18.5. The first kappa shape index (κ1) is 29.4. The Labute approximate surface area is 231 Å². The number of anilines is 1. The van der Waals surface area contributed by atoms with Crippen LogP contribution in [-0.4, -0.2) is 42.7 Å². The molecule has 1 unspecified atom stereocenters. The molecule has 2 aromatic carbocycles. The SMILES string of the molecule is COC(=O)Cc1cc(C(=O)OC(C)(C)C)c(NC(=O)C(Cc2ccccc2)NC(=O)OCc2ccccc2)s1. The van der Waals surface area contributed by atoms with Gasteiger partial charge in [0.1, 0.15) is 23.3 Å². The topological polar surface area (TPSA) is 120 Å². The first-order valence-electron chi connectivity index (χ1n) is 12.3. The van der Waals surface area contributed by atoms with Crippen molar-refractivity contribution >= 4 is 40.3 Å². The number of thiophene rings is 1. The molecule has 10 heteroatoms. The maximum Gasteiger partial charge on any atom is 0.408 e. The van der Waals surface area contributed by atoms with Gasteiger partial charge in [-0.05, 0) is 38.0 Å². The molecule has 3 rings (SSSR count). The number of hydrogen-bond acceptors (Lipinski definition) is 8. The zero-order chi connectivity index (χ0) is 28.4. The molecule has 0 aliphatic rings. The summed E-state index contributed by atoms with van der Waals surface area (Å²) in [4.78, 5) is 51.3. The average Bonchev–Trinajstić information content (AvgIpc) is 3.29. The van der Waals surface area contributed by atoms with Gasteiger partial charge in [0.15, 0.2) is 0 Å². The van der Waals surface area contributed by atoms with Crippen LogP contribution in [0.1, 0.15) is 47.1 Å². The molecule has 1 aromatic heterocycles. The Kier molecular flexibility index (Phi) is 10.2. The van der Waals surface area contributed by atoms with Crippen LogP contribution in [0, 0.1) is 0 Å². The highest BCUT2D eigenvalue weighted by Gasteiger charge is 2.28. The Balaban J connectivity index is 1.81. The van der Waals surface area contributed by atoms with Crippen LogP contribution in [0.3, 0.4) is 0 Å². The number of methoxy groups -OCH3 is 1. The van der Waals surface area contributed by atoms with E-state index in [1.807, 2.05) is 60.7 Å². The van der Waals surface area contributed by atoms with Gasteiger partial charge in [-0.25, -0.2) is 9.59 Å². The van der Waals surface area contributed by atoms with Crippen molar-refractivity contribution in [3.05, 3.63) is 88.3 Å². The fraction of sp³-hybridized carbons (Fsp3) is 0.310. The van der Waals surface area contributed by atoms with Crippen LogP contribution in [0.4, 0.5) is 9.80 Å². The third-order valence-electron chi connectivity index (χ3n) is 5.29. The Morgan fingerprint density at radius 1 is 0.923 bits per heavy atom. The highest BCUT2D eigenvalue weighted by Crippen LogP contribution is 2.31. The average molecular weight is 553 g/mol. The molecule has 0 saturated heterocycles. The van der Waals surface area contributed by atoms with Gasteiger partial charge in [-0.2, -0.15) is 0 Å². The van der Waals surface area contributed by atoms with Crippen LogP contribution in [-0.2, 0) is 43.2 Å². The van der Waals surface area contributed by atoms with Crippen molar-refractivity contribution in [3.8, 4) is 0 Å². The highest BCUT2D eigenvalue weighted by molar-refractivity contribution is 7.16. The first-order valence-corrected chi connectivity index (χ1v) is 13.1. The zero-order valence-corrected chi connectivity index (χ0v) is 23.1. The molecule has 1 atom stereocenters. The van der Waals surface area contributed by atoms with Gasteiger partial charge < -0.3 is 24.8 Å². The lowest BCUT2D eigenvalue weighted by atomic mass is 10.1. The fourth-order valence-corrected chi connectivity index (χ4v) is 4.52. The zero-order valence-electron chi connectivity index (χ0n) is 22.3. The predicted molar refractivity (Wildman–Crippen MR) is 148 cm³/mol. The maximum atomic E-state index is 13.5. The van der Waals surface area contributed by atoms with E-state index in [0.717, 1.165) is 22.5 Å². The van der Waals surface area contributed by atoms with Gasteiger partial charge in [-0.1, -0.05) is 60.7 Å². The Hall–Kier alpha value is -4.18. The molecular weight excluding hydrogens is 520 g/mol. The number of esters is 2. The van der Waals surface area contributed by atoms with E-state index in [4.69, 9.17) is 14.2 Å². The van der Waals surface area contributed by atoms with E-state index in [9.17, 15) is 19.2 Å². The van der Waals surface area contributed by atoms with Gasteiger partial charge in [0.05, 0.1) is 19.1 Å². The molecule has 2 N–H and O–H groups in total. The molecule has 39 heavy (non-hydrogen) atoms. The lowest BCUT2D eigenvalue weighted by Gasteiger charge is -2.20. The maximum absolute atomic E-state index is 13.5. The third-order valence-corrected chi connectivity index (χ3v) is 6.34. The summed E-state index contributed by atoms with van der Waals surface area (Å²) in [6.07, 6.45) is -0.667. The van der Waals surface area contributed by atoms with Crippen molar-refractivity contribution in [2.75, 3.05) is 12.4 Å². The van der Waals surface area contributed by atoms with Crippen LogP contribution in [0.2, 0.25) is 0 Å². The Morgan fingerprint density at radius 2 is 1.54 bits per heavy atom. The van der Waals surface area contributed by atoms with Gasteiger partial charge in [0.2, 0.25) is 5.91 Å². The molecule has 0 aliphatic carbocycles. The predicted octanol–water partition coefficient (Wildman–Crippen LogP) is 4.90. The number of amides is 2. The number of carbonyl (C=O) groups is 4. The number of rotatable bonds is 10. The van der Waals surface area contributed by atoms with Crippen molar-refractivity contribution in [1.82, 2.24) is 5.32 Å². The van der Waals surface area contributed by atoms with Crippen LogP contribution in [0.25, 0.3) is 0 Å². The van der Waals surface area contributed by atoms with Crippen LogP contribution in [0.15, 0.2) is 66.7 Å². The molecule has 0 fully saturated rings. The molecular formula is C29H32N2O7S. The molecule has 2 amide bonds. The van der Waals surface area contributed by atoms with E-state index < -0.39 is 35.6 Å². The lowest BCUT2D eigenvalue weighted by Crippen LogP contribution is -2.45. The molecule has 9 nitrogen and oxygen atoms in total. The molecule has 0 bridgehead atoms. The van der Waals surface area contributed by atoms with Crippen molar-refractivity contribution < 1.29 is 33.4 Å². The molecule has 1 heterocycles. The number of benzene rings is 2. The minimum atomic E-state index is -1.02.